The topological polar surface area (TPSA) is 28.4 Å². The summed E-state index contributed by atoms with van der Waals surface area (Å²) in [6, 6.07) is 3.68. The Bertz CT molecular complexity index is 295. The normalized spacial score (nSPS) is 17.4. The van der Waals surface area contributed by atoms with Crippen molar-refractivity contribution in [3.8, 4) is 0 Å². The molecule has 0 amide bonds. The van der Waals surface area contributed by atoms with Gasteiger partial charge in [0.05, 0.1) is 6.54 Å². The second kappa shape index (κ2) is 5.54. The molecule has 0 atom stereocenters. The number of nitrogens with zero attached hydrogens (tertiary/aromatic N) is 1. The molecule has 0 radical (unpaired) electrons. The van der Waals surface area contributed by atoms with Crippen LogP contribution in [-0.4, -0.2) is 31.1 Å². The van der Waals surface area contributed by atoms with E-state index in [0.29, 0.717) is 5.22 Å². The number of rotatable bonds is 5. The van der Waals surface area contributed by atoms with Crippen molar-refractivity contribution in [1.82, 2.24) is 10.2 Å². The molecule has 1 aliphatic heterocycles. The maximum atomic E-state index is 5.67. The van der Waals surface area contributed by atoms with Crippen LogP contribution in [0.4, 0.5) is 0 Å². The van der Waals surface area contributed by atoms with Crippen LogP contribution in [0.15, 0.2) is 16.5 Å². The minimum Gasteiger partial charge on any atom is -0.448 e. The van der Waals surface area contributed by atoms with Crippen LogP contribution in [0.25, 0.3) is 0 Å². The third-order valence-electron chi connectivity index (χ3n) is 2.73. The van der Waals surface area contributed by atoms with E-state index in [4.69, 9.17) is 16.0 Å². The van der Waals surface area contributed by atoms with Gasteiger partial charge in [0.1, 0.15) is 5.76 Å². The Labute approximate surface area is 95.4 Å². The molecule has 1 aliphatic rings. The van der Waals surface area contributed by atoms with Crippen molar-refractivity contribution in [3.05, 3.63) is 23.1 Å². The lowest BCUT2D eigenvalue weighted by Crippen LogP contribution is -2.29. The molecular formula is C11H17ClN2O. The second-order valence-corrected chi connectivity index (χ2v) is 4.30. The van der Waals surface area contributed by atoms with Gasteiger partial charge < -0.3 is 14.6 Å². The number of hydrogen-bond acceptors (Lipinski definition) is 3. The van der Waals surface area contributed by atoms with Crippen molar-refractivity contribution in [2.75, 3.05) is 26.2 Å². The van der Waals surface area contributed by atoms with Gasteiger partial charge in [0.25, 0.3) is 0 Å². The first kappa shape index (κ1) is 11.0. The van der Waals surface area contributed by atoms with E-state index in [1.165, 1.54) is 25.9 Å². The summed E-state index contributed by atoms with van der Waals surface area (Å²) in [6.45, 7) is 5.43. The maximum Gasteiger partial charge on any atom is 0.193 e. The largest absolute Gasteiger partial charge is 0.448 e. The third kappa shape index (κ3) is 3.52. The van der Waals surface area contributed by atoms with E-state index < -0.39 is 0 Å². The van der Waals surface area contributed by atoms with Gasteiger partial charge in [0.2, 0.25) is 0 Å². The van der Waals surface area contributed by atoms with Crippen molar-refractivity contribution in [2.24, 2.45) is 0 Å². The van der Waals surface area contributed by atoms with Crippen LogP contribution in [0.1, 0.15) is 18.6 Å². The van der Waals surface area contributed by atoms with Crippen molar-refractivity contribution < 1.29 is 4.42 Å². The standard InChI is InChI=1S/C11H17ClN2O/c12-11-4-3-10(15-11)9-13-5-8-14-6-1-2-7-14/h3-4,13H,1-2,5-9H2. The molecule has 1 aromatic rings. The van der Waals surface area contributed by atoms with Gasteiger partial charge in [-0.15, -0.1) is 0 Å². The van der Waals surface area contributed by atoms with Crippen molar-refractivity contribution >= 4 is 11.6 Å². The third-order valence-corrected chi connectivity index (χ3v) is 2.93. The first-order chi connectivity index (χ1) is 7.34. The molecule has 1 aromatic heterocycles. The first-order valence-electron chi connectivity index (χ1n) is 5.52. The van der Waals surface area contributed by atoms with Crippen molar-refractivity contribution in [1.29, 1.82) is 0 Å². The Hall–Kier alpha value is -0.510. The van der Waals surface area contributed by atoms with Gasteiger partial charge in [-0.05, 0) is 49.7 Å². The van der Waals surface area contributed by atoms with E-state index in [1.54, 1.807) is 6.07 Å². The molecule has 0 saturated carbocycles. The highest BCUT2D eigenvalue weighted by molar-refractivity contribution is 6.28. The molecule has 0 aromatic carbocycles. The van der Waals surface area contributed by atoms with Crippen LogP contribution >= 0.6 is 11.6 Å². The zero-order valence-electron chi connectivity index (χ0n) is 8.84. The number of hydrogen-bond donors (Lipinski definition) is 1. The molecular weight excluding hydrogens is 212 g/mol. The molecule has 0 unspecified atom stereocenters. The summed E-state index contributed by atoms with van der Waals surface area (Å²) in [5.74, 6) is 0.904. The summed E-state index contributed by atoms with van der Waals surface area (Å²) in [7, 11) is 0. The number of furan rings is 1. The Morgan fingerprint density at radius 1 is 1.33 bits per heavy atom. The summed E-state index contributed by atoms with van der Waals surface area (Å²) >= 11 is 5.67. The van der Waals surface area contributed by atoms with E-state index in [9.17, 15) is 0 Å². The molecule has 84 valence electrons. The van der Waals surface area contributed by atoms with Crippen molar-refractivity contribution in [3.63, 3.8) is 0 Å². The van der Waals surface area contributed by atoms with E-state index in [2.05, 4.69) is 10.2 Å². The fraction of sp³-hybridized carbons (Fsp3) is 0.636. The predicted octanol–water partition coefficient (Wildman–Crippen LogP) is 2.12. The molecule has 1 N–H and O–H groups in total. The minimum absolute atomic E-state index is 0.464. The van der Waals surface area contributed by atoms with Crippen LogP contribution < -0.4 is 5.32 Å². The van der Waals surface area contributed by atoms with E-state index in [-0.39, 0.29) is 0 Å². The van der Waals surface area contributed by atoms with Crippen LogP contribution in [-0.2, 0) is 6.54 Å². The van der Waals surface area contributed by atoms with Crippen LogP contribution in [0, 0.1) is 0 Å². The van der Waals surface area contributed by atoms with Gasteiger partial charge >= 0.3 is 0 Å². The van der Waals surface area contributed by atoms with Gasteiger partial charge in [-0.1, -0.05) is 0 Å². The monoisotopic (exact) mass is 228 g/mol. The fourth-order valence-corrected chi connectivity index (χ4v) is 2.06. The first-order valence-corrected chi connectivity index (χ1v) is 5.90. The Morgan fingerprint density at radius 2 is 2.13 bits per heavy atom. The summed E-state index contributed by atoms with van der Waals surface area (Å²) in [5.41, 5.74) is 0. The molecule has 0 aliphatic carbocycles. The average molecular weight is 229 g/mol. The molecule has 15 heavy (non-hydrogen) atoms. The highest BCUT2D eigenvalue weighted by Gasteiger charge is 2.10. The summed E-state index contributed by atoms with van der Waals surface area (Å²) in [6.07, 6.45) is 2.71. The fourth-order valence-electron chi connectivity index (χ4n) is 1.90. The van der Waals surface area contributed by atoms with Gasteiger partial charge in [-0.25, -0.2) is 0 Å². The summed E-state index contributed by atoms with van der Waals surface area (Å²) in [4.78, 5) is 2.49. The molecule has 2 rings (SSSR count). The Balaban J connectivity index is 1.58. The predicted molar refractivity (Wildman–Crippen MR) is 61.1 cm³/mol. The number of halogens is 1. The van der Waals surface area contributed by atoms with Gasteiger partial charge in [0, 0.05) is 13.1 Å². The molecule has 0 spiro atoms. The summed E-state index contributed by atoms with van der Waals surface area (Å²) < 4.78 is 5.24. The Kier molecular flexibility index (Phi) is 4.06. The lowest BCUT2D eigenvalue weighted by molar-refractivity contribution is 0.332. The lowest BCUT2D eigenvalue weighted by atomic mass is 10.4. The summed E-state index contributed by atoms with van der Waals surface area (Å²) in [5, 5.41) is 3.81. The van der Waals surface area contributed by atoms with E-state index >= 15 is 0 Å². The highest BCUT2D eigenvalue weighted by Crippen LogP contribution is 2.12. The van der Waals surface area contributed by atoms with Gasteiger partial charge in [-0.3, -0.25) is 0 Å². The average Bonchev–Trinajstić information content (AvgIpc) is 2.84. The van der Waals surface area contributed by atoms with E-state index in [1.807, 2.05) is 6.07 Å². The quantitative estimate of drug-likeness (QED) is 0.783. The van der Waals surface area contributed by atoms with Crippen LogP contribution in [0.3, 0.4) is 0 Å². The lowest BCUT2D eigenvalue weighted by Gasteiger charge is -2.14. The van der Waals surface area contributed by atoms with Gasteiger partial charge in [0.15, 0.2) is 5.22 Å². The zero-order valence-corrected chi connectivity index (χ0v) is 9.59. The smallest absolute Gasteiger partial charge is 0.193 e. The number of likely N-dealkylation sites (tertiary alicyclic amines) is 1. The molecule has 0 bridgehead atoms. The highest BCUT2D eigenvalue weighted by atomic mass is 35.5. The molecule has 3 nitrogen and oxygen atoms in total. The molecule has 1 fully saturated rings. The number of nitrogens with one attached hydrogen (secondary N) is 1. The van der Waals surface area contributed by atoms with Gasteiger partial charge in [-0.2, -0.15) is 0 Å². The van der Waals surface area contributed by atoms with E-state index in [0.717, 1.165) is 25.4 Å². The van der Waals surface area contributed by atoms with Crippen LogP contribution in [0.5, 0.6) is 0 Å². The Morgan fingerprint density at radius 3 is 2.80 bits per heavy atom. The molecule has 4 heteroatoms. The second-order valence-electron chi connectivity index (χ2n) is 3.93. The SMILES string of the molecule is Clc1ccc(CNCCN2CCCC2)o1. The maximum absolute atomic E-state index is 5.67. The van der Waals surface area contributed by atoms with Crippen LogP contribution in [0.2, 0.25) is 5.22 Å². The molecule has 2 heterocycles. The minimum atomic E-state index is 0.464. The molecule has 1 saturated heterocycles. The van der Waals surface area contributed by atoms with Crippen molar-refractivity contribution in [2.45, 2.75) is 19.4 Å². The zero-order chi connectivity index (χ0) is 10.5.